The fraction of sp³-hybridized carbons (Fsp3) is 0.909. The maximum atomic E-state index is 11.9. The second-order valence-electron chi connectivity index (χ2n) is 4.88. The highest BCUT2D eigenvalue weighted by molar-refractivity contribution is 5.85. The number of carbonyl (C=O) groups is 1. The number of hydrogen-bond acceptors (Lipinski definition) is 3. The highest BCUT2D eigenvalue weighted by Crippen LogP contribution is 2.21. The molecule has 2 saturated heterocycles. The van der Waals surface area contributed by atoms with Crippen molar-refractivity contribution in [2.24, 2.45) is 17.6 Å². The Hall–Kier alpha value is -0.0300. The number of halogens is 2. The van der Waals surface area contributed by atoms with Crippen molar-refractivity contribution in [1.29, 1.82) is 0 Å². The van der Waals surface area contributed by atoms with Crippen LogP contribution in [-0.4, -0.2) is 43.0 Å². The second kappa shape index (κ2) is 7.41. The molecule has 4 nitrogen and oxygen atoms in total. The lowest BCUT2D eigenvalue weighted by Crippen LogP contribution is -2.54. The van der Waals surface area contributed by atoms with Gasteiger partial charge in [0.25, 0.3) is 0 Å². The van der Waals surface area contributed by atoms with Crippen molar-refractivity contribution < 1.29 is 4.79 Å². The molecule has 6 heteroatoms. The zero-order valence-corrected chi connectivity index (χ0v) is 11.9. The predicted molar refractivity (Wildman–Crippen MR) is 73.8 cm³/mol. The van der Waals surface area contributed by atoms with E-state index in [9.17, 15) is 4.79 Å². The summed E-state index contributed by atoms with van der Waals surface area (Å²) < 4.78 is 0. The summed E-state index contributed by atoms with van der Waals surface area (Å²) in [6, 6.07) is 0.271. The molecule has 3 N–H and O–H groups in total. The minimum atomic E-state index is 0. The monoisotopic (exact) mass is 283 g/mol. The third-order valence-corrected chi connectivity index (χ3v) is 3.73. The summed E-state index contributed by atoms with van der Waals surface area (Å²) in [5, 5.41) is 3.14. The van der Waals surface area contributed by atoms with E-state index in [1.807, 2.05) is 4.90 Å². The van der Waals surface area contributed by atoms with Crippen molar-refractivity contribution in [2.45, 2.75) is 25.8 Å². The van der Waals surface area contributed by atoms with Crippen molar-refractivity contribution in [3.05, 3.63) is 0 Å². The number of nitrogens with zero attached hydrogens (tertiary/aromatic N) is 1. The van der Waals surface area contributed by atoms with Crippen LogP contribution in [0.15, 0.2) is 0 Å². The van der Waals surface area contributed by atoms with Crippen LogP contribution in [0.2, 0.25) is 0 Å². The molecule has 0 aromatic carbocycles. The first-order chi connectivity index (χ1) is 7.18. The van der Waals surface area contributed by atoms with Gasteiger partial charge in [-0.3, -0.25) is 4.79 Å². The summed E-state index contributed by atoms with van der Waals surface area (Å²) in [6.45, 7) is 5.61. The molecule has 102 valence electrons. The SMILES string of the molecule is CC(N)C1CCN(C(=O)C2CNC2)CC1.Cl.Cl. The second-order valence-corrected chi connectivity index (χ2v) is 4.88. The molecule has 0 bridgehead atoms. The van der Waals surface area contributed by atoms with E-state index in [4.69, 9.17) is 5.73 Å². The molecular weight excluding hydrogens is 261 g/mol. The Morgan fingerprint density at radius 3 is 2.18 bits per heavy atom. The molecule has 1 atom stereocenters. The van der Waals surface area contributed by atoms with Crippen LogP contribution in [0, 0.1) is 11.8 Å². The van der Waals surface area contributed by atoms with Gasteiger partial charge in [-0.25, -0.2) is 0 Å². The molecule has 0 radical (unpaired) electrons. The van der Waals surface area contributed by atoms with E-state index < -0.39 is 0 Å². The van der Waals surface area contributed by atoms with Gasteiger partial charge in [0.2, 0.25) is 5.91 Å². The summed E-state index contributed by atoms with van der Waals surface area (Å²) in [7, 11) is 0. The molecule has 2 aliphatic rings. The van der Waals surface area contributed by atoms with Crippen LogP contribution in [0.5, 0.6) is 0 Å². The predicted octanol–water partition coefficient (Wildman–Crippen LogP) is 0.635. The van der Waals surface area contributed by atoms with Gasteiger partial charge in [0.1, 0.15) is 0 Å². The summed E-state index contributed by atoms with van der Waals surface area (Å²) in [4.78, 5) is 13.9. The van der Waals surface area contributed by atoms with Crippen molar-refractivity contribution in [3.8, 4) is 0 Å². The highest BCUT2D eigenvalue weighted by atomic mass is 35.5. The van der Waals surface area contributed by atoms with Crippen molar-refractivity contribution in [1.82, 2.24) is 10.2 Å². The summed E-state index contributed by atoms with van der Waals surface area (Å²) >= 11 is 0. The summed E-state index contributed by atoms with van der Waals surface area (Å²) in [5.41, 5.74) is 5.87. The molecule has 0 aromatic heterocycles. The summed E-state index contributed by atoms with van der Waals surface area (Å²) in [5.74, 6) is 1.20. The zero-order chi connectivity index (χ0) is 10.8. The Bertz CT molecular complexity index is 239. The van der Waals surface area contributed by atoms with Gasteiger partial charge in [-0.15, -0.1) is 24.8 Å². The number of carbonyl (C=O) groups excluding carboxylic acids is 1. The fourth-order valence-electron chi connectivity index (χ4n) is 2.37. The average molecular weight is 284 g/mol. The van der Waals surface area contributed by atoms with Gasteiger partial charge in [0.05, 0.1) is 5.92 Å². The number of piperidine rings is 1. The fourth-order valence-corrected chi connectivity index (χ4v) is 2.37. The third-order valence-electron chi connectivity index (χ3n) is 3.73. The number of likely N-dealkylation sites (tertiary alicyclic amines) is 1. The van der Waals surface area contributed by atoms with Crippen LogP contribution in [0.25, 0.3) is 0 Å². The van der Waals surface area contributed by atoms with E-state index in [0.717, 1.165) is 39.0 Å². The van der Waals surface area contributed by atoms with Gasteiger partial charge in [-0.05, 0) is 25.7 Å². The number of hydrogen-bond donors (Lipinski definition) is 2. The zero-order valence-electron chi connectivity index (χ0n) is 10.2. The van der Waals surface area contributed by atoms with E-state index >= 15 is 0 Å². The molecule has 1 unspecified atom stereocenters. The van der Waals surface area contributed by atoms with Crippen LogP contribution < -0.4 is 11.1 Å². The lowest BCUT2D eigenvalue weighted by Gasteiger charge is -2.37. The first-order valence-corrected chi connectivity index (χ1v) is 5.93. The molecule has 0 aliphatic carbocycles. The topological polar surface area (TPSA) is 58.4 Å². The molecule has 1 amide bonds. The van der Waals surface area contributed by atoms with Crippen molar-refractivity contribution in [2.75, 3.05) is 26.2 Å². The van der Waals surface area contributed by atoms with Crippen LogP contribution >= 0.6 is 24.8 Å². The van der Waals surface area contributed by atoms with Gasteiger partial charge in [0, 0.05) is 32.2 Å². The van der Waals surface area contributed by atoms with Crippen LogP contribution in [0.4, 0.5) is 0 Å². The standard InChI is InChI=1S/C11H21N3O.2ClH/c1-8(12)9-2-4-14(5-3-9)11(15)10-6-13-7-10;;/h8-10,13H,2-7,12H2,1H3;2*1H. The smallest absolute Gasteiger partial charge is 0.228 e. The Balaban J connectivity index is 0.00000128. The van der Waals surface area contributed by atoms with E-state index in [1.54, 1.807) is 0 Å². The Labute approximate surface area is 115 Å². The molecule has 0 spiro atoms. The first-order valence-electron chi connectivity index (χ1n) is 5.93. The minimum Gasteiger partial charge on any atom is -0.342 e. The molecule has 0 aromatic rings. The molecule has 17 heavy (non-hydrogen) atoms. The maximum absolute atomic E-state index is 11.9. The highest BCUT2D eigenvalue weighted by Gasteiger charge is 2.31. The van der Waals surface area contributed by atoms with Gasteiger partial charge >= 0.3 is 0 Å². The molecule has 0 saturated carbocycles. The third kappa shape index (κ3) is 3.98. The molecular formula is C11H23Cl2N3O. The number of nitrogens with two attached hydrogens (primary N) is 1. The lowest BCUT2D eigenvalue weighted by atomic mass is 9.90. The van der Waals surface area contributed by atoms with Crippen molar-refractivity contribution >= 4 is 30.7 Å². The van der Waals surface area contributed by atoms with Crippen LogP contribution in [0.3, 0.4) is 0 Å². The Morgan fingerprint density at radius 2 is 1.82 bits per heavy atom. The Kier molecular flexibility index (Phi) is 7.40. The van der Waals surface area contributed by atoms with Gasteiger partial charge in [-0.2, -0.15) is 0 Å². The van der Waals surface area contributed by atoms with Crippen LogP contribution in [0.1, 0.15) is 19.8 Å². The van der Waals surface area contributed by atoms with Gasteiger partial charge < -0.3 is 16.0 Å². The van der Waals surface area contributed by atoms with Crippen molar-refractivity contribution in [3.63, 3.8) is 0 Å². The molecule has 2 heterocycles. The average Bonchev–Trinajstić information content (AvgIpc) is 2.15. The molecule has 2 rings (SSSR count). The van der Waals surface area contributed by atoms with E-state index in [-0.39, 0.29) is 36.8 Å². The molecule has 2 aliphatic heterocycles. The quantitative estimate of drug-likeness (QED) is 0.782. The van der Waals surface area contributed by atoms with Crippen LogP contribution in [-0.2, 0) is 4.79 Å². The summed E-state index contributed by atoms with van der Waals surface area (Å²) in [6.07, 6.45) is 2.15. The maximum Gasteiger partial charge on any atom is 0.228 e. The number of amides is 1. The normalized spacial score (nSPS) is 23.1. The largest absolute Gasteiger partial charge is 0.342 e. The number of rotatable bonds is 2. The van der Waals surface area contributed by atoms with Gasteiger partial charge in [0.15, 0.2) is 0 Å². The molecule has 2 fully saturated rings. The van der Waals surface area contributed by atoms with E-state index in [1.165, 1.54) is 0 Å². The van der Waals surface area contributed by atoms with E-state index in [2.05, 4.69) is 12.2 Å². The van der Waals surface area contributed by atoms with E-state index in [0.29, 0.717) is 11.8 Å². The minimum absolute atomic E-state index is 0. The van der Waals surface area contributed by atoms with Gasteiger partial charge in [-0.1, -0.05) is 0 Å². The lowest BCUT2D eigenvalue weighted by molar-refractivity contribution is -0.138. The first kappa shape index (κ1) is 17.0. The Morgan fingerprint density at radius 1 is 1.29 bits per heavy atom. The number of nitrogens with one attached hydrogen (secondary N) is 1.